The number of anilines is 1. The van der Waals surface area contributed by atoms with Crippen molar-refractivity contribution in [3.8, 4) is 0 Å². The summed E-state index contributed by atoms with van der Waals surface area (Å²) in [6.07, 6.45) is 6.85. The van der Waals surface area contributed by atoms with E-state index in [0.717, 1.165) is 36.2 Å². The Morgan fingerprint density at radius 2 is 2.00 bits per heavy atom. The summed E-state index contributed by atoms with van der Waals surface area (Å²) in [7, 11) is 0. The fourth-order valence-corrected chi connectivity index (χ4v) is 4.59. The molecule has 5 nitrogen and oxygen atoms in total. The zero-order valence-corrected chi connectivity index (χ0v) is 15.1. The van der Waals surface area contributed by atoms with Crippen LogP contribution in [0.25, 0.3) is 0 Å². The predicted octanol–water partition coefficient (Wildman–Crippen LogP) is 3.23. The molecule has 1 aromatic rings. The molecule has 0 spiro atoms. The van der Waals surface area contributed by atoms with Crippen LogP contribution < -0.4 is 10.6 Å². The van der Waals surface area contributed by atoms with Crippen molar-refractivity contribution in [2.75, 3.05) is 11.9 Å². The lowest BCUT2D eigenvalue weighted by Crippen LogP contribution is -2.40. The normalized spacial score (nSPS) is 26.4. The molecule has 2 saturated carbocycles. The average Bonchev–Trinajstić information content (AvgIpc) is 3.13. The van der Waals surface area contributed by atoms with Crippen molar-refractivity contribution in [3.05, 3.63) is 17.5 Å². The topological polar surface area (TPSA) is 66.9 Å². The zero-order valence-electron chi connectivity index (χ0n) is 15.1. The van der Waals surface area contributed by atoms with Crippen LogP contribution in [0.15, 0.2) is 6.07 Å². The Labute approximate surface area is 145 Å². The highest BCUT2D eigenvalue weighted by molar-refractivity contribution is 5.76. The van der Waals surface area contributed by atoms with Gasteiger partial charge in [-0.25, -0.2) is 9.97 Å². The van der Waals surface area contributed by atoms with Gasteiger partial charge in [0, 0.05) is 30.4 Å². The molecule has 4 unspecified atom stereocenters. The molecule has 132 valence electrons. The molecule has 2 aliphatic carbocycles. The Balaban J connectivity index is 1.35. The third-order valence-corrected chi connectivity index (χ3v) is 5.67. The number of nitrogens with zero attached hydrogens (tertiary/aromatic N) is 2. The van der Waals surface area contributed by atoms with Crippen molar-refractivity contribution < 1.29 is 4.79 Å². The fourth-order valence-electron chi connectivity index (χ4n) is 4.59. The molecule has 2 N–H and O–H groups in total. The quantitative estimate of drug-likeness (QED) is 0.753. The number of aryl methyl sites for hydroxylation is 2. The lowest BCUT2D eigenvalue weighted by Gasteiger charge is -2.28. The molecule has 3 rings (SSSR count). The molecule has 0 saturated heterocycles. The van der Waals surface area contributed by atoms with Gasteiger partial charge in [0.05, 0.1) is 0 Å². The molecule has 24 heavy (non-hydrogen) atoms. The van der Waals surface area contributed by atoms with Gasteiger partial charge < -0.3 is 10.6 Å². The largest absolute Gasteiger partial charge is 0.354 e. The van der Waals surface area contributed by atoms with Gasteiger partial charge in [-0.2, -0.15) is 0 Å². The Bertz CT molecular complexity index is 568. The highest BCUT2D eigenvalue weighted by Crippen LogP contribution is 2.49. The third-order valence-electron chi connectivity index (χ3n) is 5.67. The fraction of sp³-hybridized carbons (Fsp3) is 0.737. The van der Waals surface area contributed by atoms with Gasteiger partial charge >= 0.3 is 0 Å². The maximum absolute atomic E-state index is 12.2. The average molecular weight is 330 g/mol. The maximum atomic E-state index is 12.2. The molecule has 1 heterocycles. The van der Waals surface area contributed by atoms with E-state index in [1.807, 2.05) is 19.9 Å². The standard InChI is InChI=1S/C19H30N4O/c1-12-9-13(2)22-19(21-12)20-8-4-5-18(24)23-14(3)17-11-15-6-7-16(17)10-15/h9,14-17H,4-8,10-11H2,1-3H3,(H,23,24)(H,20,21,22). The van der Waals surface area contributed by atoms with Crippen molar-refractivity contribution in [2.45, 2.75) is 65.3 Å². The Hall–Kier alpha value is -1.65. The Morgan fingerprint density at radius 1 is 1.25 bits per heavy atom. The molecule has 5 heteroatoms. The van der Waals surface area contributed by atoms with E-state index >= 15 is 0 Å². The molecule has 0 aromatic carbocycles. The van der Waals surface area contributed by atoms with Crippen LogP contribution in [-0.2, 0) is 4.79 Å². The minimum absolute atomic E-state index is 0.174. The van der Waals surface area contributed by atoms with Crippen LogP contribution in [0.5, 0.6) is 0 Å². The minimum atomic E-state index is 0.174. The van der Waals surface area contributed by atoms with E-state index in [2.05, 4.69) is 27.5 Å². The summed E-state index contributed by atoms with van der Waals surface area (Å²) in [5.41, 5.74) is 1.92. The van der Waals surface area contributed by atoms with Gasteiger partial charge in [0.15, 0.2) is 0 Å². The predicted molar refractivity (Wildman–Crippen MR) is 95.8 cm³/mol. The van der Waals surface area contributed by atoms with Crippen LogP contribution in [0.3, 0.4) is 0 Å². The summed E-state index contributed by atoms with van der Waals surface area (Å²) >= 11 is 0. The zero-order chi connectivity index (χ0) is 17.1. The van der Waals surface area contributed by atoms with Crippen LogP contribution in [0.2, 0.25) is 0 Å². The van der Waals surface area contributed by atoms with Gasteiger partial charge in [0.2, 0.25) is 11.9 Å². The number of carbonyl (C=O) groups excluding carboxylic acids is 1. The van der Waals surface area contributed by atoms with E-state index in [-0.39, 0.29) is 5.91 Å². The highest BCUT2D eigenvalue weighted by Gasteiger charge is 2.41. The second-order valence-electron chi connectivity index (χ2n) is 7.70. The van der Waals surface area contributed by atoms with E-state index in [1.165, 1.54) is 25.7 Å². The summed E-state index contributed by atoms with van der Waals surface area (Å²) in [6.45, 7) is 6.83. The van der Waals surface area contributed by atoms with Gasteiger partial charge in [0.1, 0.15) is 0 Å². The van der Waals surface area contributed by atoms with Gasteiger partial charge in [0.25, 0.3) is 0 Å². The summed E-state index contributed by atoms with van der Waals surface area (Å²) in [5, 5.41) is 6.44. The lowest BCUT2D eigenvalue weighted by molar-refractivity contribution is -0.122. The first kappa shape index (κ1) is 17.2. The molecule has 4 atom stereocenters. The van der Waals surface area contributed by atoms with Crippen molar-refractivity contribution >= 4 is 11.9 Å². The number of carbonyl (C=O) groups is 1. The molecule has 0 radical (unpaired) electrons. The number of nitrogens with one attached hydrogen (secondary N) is 2. The molecule has 1 aromatic heterocycles. The summed E-state index contributed by atoms with van der Waals surface area (Å²) < 4.78 is 0. The second kappa shape index (κ2) is 7.49. The van der Waals surface area contributed by atoms with Crippen LogP contribution in [0.4, 0.5) is 5.95 Å². The van der Waals surface area contributed by atoms with Crippen LogP contribution >= 0.6 is 0 Å². The van der Waals surface area contributed by atoms with E-state index in [9.17, 15) is 4.79 Å². The van der Waals surface area contributed by atoms with Crippen molar-refractivity contribution in [3.63, 3.8) is 0 Å². The van der Waals surface area contributed by atoms with E-state index in [4.69, 9.17) is 0 Å². The minimum Gasteiger partial charge on any atom is -0.354 e. The molecular formula is C19H30N4O. The van der Waals surface area contributed by atoms with E-state index in [0.29, 0.717) is 24.3 Å². The van der Waals surface area contributed by atoms with Crippen LogP contribution in [-0.4, -0.2) is 28.5 Å². The van der Waals surface area contributed by atoms with Crippen molar-refractivity contribution in [2.24, 2.45) is 17.8 Å². The van der Waals surface area contributed by atoms with Crippen molar-refractivity contribution in [1.29, 1.82) is 0 Å². The molecule has 2 fully saturated rings. The van der Waals surface area contributed by atoms with Gasteiger partial charge in [-0.1, -0.05) is 6.42 Å². The first-order chi connectivity index (χ1) is 11.5. The number of fused-ring (bicyclic) bond motifs is 2. The molecule has 2 aliphatic rings. The van der Waals surface area contributed by atoms with Crippen molar-refractivity contribution in [1.82, 2.24) is 15.3 Å². The molecule has 1 amide bonds. The van der Waals surface area contributed by atoms with E-state index < -0.39 is 0 Å². The number of hydrogen-bond acceptors (Lipinski definition) is 4. The van der Waals surface area contributed by atoms with Gasteiger partial charge in [-0.3, -0.25) is 4.79 Å². The number of hydrogen-bond donors (Lipinski definition) is 2. The van der Waals surface area contributed by atoms with E-state index in [1.54, 1.807) is 0 Å². The lowest BCUT2D eigenvalue weighted by atomic mass is 9.84. The number of amides is 1. The Kier molecular flexibility index (Phi) is 5.36. The smallest absolute Gasteiger partial charge is 0.223 e. The van der Waals surface area contributed by atoms with Crippen LogP contribution in [0, 0.1) is 31.6 Å². The monoisotopic (exact) mass is 330 g/mol. The first-order valence-electron chi connectivity index (χ1n) is 9.37. The summed E-state index contributed by atoms with van der Waals surface area (Å²) in [4.78, 5) is 20.9. The summed E-state index contributed by atoms with van der Waals surface area (Å²) in [6, 6.07) is 2.28. The highest BCUT2D eigenvalue weighted by atomic mass is 16.1. The van der Waals surface area contributed by atoms with Crippen LogP contribution in [0.1, 0.15) is 56.8 Å². The molecule has 2 bridgehead atoms. The maximum Gasteiger partial charge on any atom is 0.223 e. The Morgan fingerprint density at radius 3 is 2.62 bits per heavy atom. The summed E-state index contributed by atoms with van der Waals surface area (Å²) in [5.74, 6) is 3.32. The molecular weight excluding hydrogens is 300 g/mol. The third kappa shape index (κ3) is 4.25. The SMILES string of the molecule is Cc1cc(C)nc(NCCCC(=O)NC(C)C2CC3CCC2C3)n1. The second-order valence-corrected chi connectivity index (χ2v) is 7.70. The first-order valence-corrected chi connectivity index (χ1v) is 9.37. The molecule has 0 aliphatic heterocycles. The van der Waals surface area contributed by atoms with Gasteiger partial charge in [-0.15, -0.1) is 0 Å². The number of aromatic nitrogens is 2. The number of rotatable bonds is 7. The van der Waals surface area contributed by atoms with Gasteiger partial charge in [-0.05, 0) is 70.3 Å².